The van der Waals surface area contributed by atoms with E-state index in [1.807, 2.05) is 0 Å². The number of carbonyl (C=O) groups is 3. The number of esters is 1. The van der Waals surface area contributed by atoms with Crippen LogP contribution in [0.25, 0.3) is 0 Å². The molecule has 0 aliphatic heterocycles. The van der Waals surface area contributed by atoms with Crippen LogP contribution in [-0.2, 0) is 32.7 Å². The molecule has 372 valence electrons. The summed E-state index contributed by atoms with van der Waals surface area (Å²) in [6, 6.07) is -1.55. The molecule has 0 aromatic carbocycles. The second-order valence-electron chi connectivity index (χ2n) is 18.1. The summed E-state index contributed by atoms with van der Waals surface area (Å²) in [6.45, 7) is 2.64. The van der Waals surface area contributed by atoms with Gasteiger partial charge < -0.3 is 25.2 Å². The van der Waals surface area contributed by atoms with Crippen LogP contribution in [0.2, 0.25) is 0 Å². The Kier molecular flexibility index (Phi) is 45.4. The van der Waals surface area contributed by atoms with E-state index in [-0.39, 0.29) is 12.8 Å². The van der Waals surface area contributed by atoms with E-state index >= 15 is 0 Å². The summed E-state index contributed by atoms with van der Waals surface area (Å²) in [5.74, 6) is -2.36. The molecule has 0 fully saturated rings. The molecular weight excluding hydrogens is 818 g/mol. The van der Waals surface area contributed by atoms with Crippen molar-refractivity contribution in [2.45, 2.75) is 276 Å². The van der Waals surface area contributed by atoms with Crippen molar-refractivity contribution in [2.24, 2.45) is 0 Å². The Bertz CT molecular complexity index is 1120. The Hall–Kier alpha value is -1.78. The summed E-state index contributed by atoms with van der Waals surface area (Å²) in [6.07, 6.45) is 49.5. The van der Waals surface area contributed by atoms with E-state index < -0.39 is 57.6 Å². The fraction of sp³-hybridized carbons (Fsp3) is 0.902. The van der Waals surface area contributed by atoms with Gasteiger partial charge in [-0.3, -0.25) is 18.6 Å². The first kappa shape index (κ1) is 61.2. The van der Waals surface area contributed by atoms with Crippen LogP contribution in [0.15, 0.2) is 12.2 Å². The highest BCUT2D eigenvalue weighted by Gasteiger charge is 2.28. The van der Waals surface area contributed by atoms with Gasteiger partial charge in [-0.25, -0.2) is 9.36 Å². The number of aliphatic carboxylic acids is 1. The largest absolute Gasteiger partial charge is 0.480 e. The Morgan fingerprint density at radius 1 is 0.492 bits per heavy atom. The smallest absolute Gasteiger partial charge is 0.472 e. The number of amides is 1. The average molecular weight is 916 g/mol. The molecule has 0 saturated heterocycles. The van der Waals surface area contributed by atoms with Crippen LogP contribution in [0.1, 0.15) is 264 Å². The number of unbranched alkanes of at least 4 members (excludes halogenated alkanes) is 34. The zero-order chi connectivity index (χ0) is 46.3. The SMILES string of the molecule is CCCCCCCCC/C=C\CCCCCCCCCC(=O)NC(COP(=O)(O)OCC(O)COC(=O)CCCCCCCCCCCCCCCCCCCCCCC)C(=O)O. The first-order valence-electron chi connectivity index (χ1n) is 26.2. The van der Waals surface area contributed by atoms with Gasteiger partial charge in [0.05, 0.1) is 13.2 Å². The van der Waals surface area contributed by atoms with Gasteiger partial charge in [-0.15, -0.1) is 0 Å². The number of phosphoric acid groups is 1. The molecule has 0 spiro atoms. The van der Waals surface area contributed by atoms with E-state index in [2.05, 4.69) is 31.3 Å². The van der Waals surface area contributed by atoms with Gasteiger partial charge in [0.1, 0.15) is 12.7 Å². The minimum absolute atomic E-state index is 0.144. The maximum absolute atomic E-state index is 12.4. The molecule has 63 heavy (non-hydrogen) atoms. The second-order valence-corrected chi connectivity index (χ2v) is 19.5. The molecule has 3 unspecified atom stereocenters. The van der Waals surface area contributed by atoms with Crippen molar-refractivity contribution < 1.29 is 47.8 Å². The fourth-order valence-electron chi connectivity index (χ4n) is 7.72. The monoisotopic (exact) mass is 916 g/mol. The minimum Gasteiger partial charge on any atom is -0.480 e. The van der Waals surface area contributed by atoms with E-state index in [4.69, 9.17) is 13.8 Å². The number of carbonyl (C=O) groups excluding carboxylic acids is 2. The Morgan fingerprint density at radius 2 is 0.825 bits per heavy atom. The molecule has 1 amide bonds. The van der Waals surface area contributed by atoms with Crippen LogP contribution < -0.4 is 5.32 Å². The lowest BCUT2D eigenvalue weighted by Gasteiger charge is -2.18. The average Bonchev–Trinajstić information content (AvgIpc) is 3.26. The molecule has 0 aliphatic rings. The summed E-state index contributed by atoms with van der Waals surface area (Å²) in [5, 5.41) is 21.9. The molecule has 0 saturated carbocycles. The highest BCUT2D eigenvalue weighted by atomic mass is 31.2. The number of nitrogens with one attached hydrogen (secondary N) is 1. The quantitative estimate of drug-likeness (QED) is 0.0199. The number of hydrogen-bond donors (Lipinski definition) is 4. The van der Waals surface area contributed by atoms with Crippen molar-refractivity contribution in [3.05, 3.63) is 12.2 Å². The Balaban J connectivity index is 3.78. The van der Waals surface area contributed by atoms with Crippen LogP contribution in [-0.4, -0.2) is 64.9 Å². The predicted octanol–water partition coefficient (Wildman–Crippen LogP) is 14.4. The summed E-state index contributed by atoms with van der Waals surface area (Å²) < 4.78 is 27.0. The number of ether oxygens (including phenoxy) is 1. The topological polar surface area (TPSA) is 169 Å². The molecule has 0 rings (SSSR count). The standard InChI is InChI=1S/C51H98NO10P/c1-3-5-7-9-11-13-15-17-19-21-23-24-25-27-29-31-33-35-37-39-41-43-50(55)60-44-47(53)45-61-63(58,59)62-46-48(51(56)57)52-49(54)42-40-38-36-34-32-30-28-26-22-20-18-16-14-12-10-8-6-4-2/h20,22,47-48,53H,3-19,21,23-46H2,1-2H3,(H,52,54)(H,56,57)(H,58,59)/b22-20-. The third kappa shape index (κ3) is 46.5. The van der Waals surface area contributed by atoms with Gasteiger partial charge >= 0.3 is 19.8 Å². The van der Waals surface area contributed by atoms with Gasteiger partial charge in [-0.05, 0) is 38.5 Å². The molecular formula is C51H98NO10P. The summed E-state index contributed by atoms with van der Waals surface area (Å²) in [4.78, 5) is 46.1. The zero-order valence-corrected chi connectivity index (χ0v) is 41.5. The van der Waals surface area contributed by atoms with E-state index in [1.165, 1.54) is 173 Å². The normalized spacial score (nSPS) is 13.6. The van der Waals surface area contributed by atoms with Crippen LogP contribution in [0, 0.1) is 0 Å². The minimum atomic E-state index is -4.76. The van der Waals surface area contributed by atoms with E-state index in [1.54, 1.807) is 0 Å². The van der Waals surface area contributed by atoms with E-state index in [0.717, 1.165) is 51.4 Å². The van der Waals surface area contributed by atoms with Crippen molar-refractivity contribution in [3.8, 4) is 0 Å². The molecule has 0 aromatic rings. The van der Waals surface area contributed by atoms with Crippen LogP contribution in [0.5, 0.6) is 0 Å². The molecule has 3 atom stereocenters. The van der Waals surface area contributed by atoms with Crippen LogP contribution in [0.4, 0.5) is 0 Å². The fourth-order valence-corrected chi connectivity index (χ4v) is 8.50. The lowest BCUT2D eigenvalue weighted by atomic mass is 10.0. The number of aliphatic hydroxyl groups is 1. The maximum Gasteiger partial charge on any atom is 0.472 e. The third-order valence-corrected chi connectivity index (χ3v) is 12.8. The molecule has 0 aromatic heterocycles. The van der Waals surface area contributed by atoms with Gasteiger partial charge in [0, 0.05) is 12.8 Å². The molecule has 12 heteroatoms. The summed E-state index contributed by atoms with van der Waals surface area (Å²) >= 11 is 0. The summed E-state index contributed by atoms with van der Waals surface area (Å²) in [7, 11) is -4.76. The van der Waals surface area contributed by atoms with Gasteiger partial charge in [0.15, 0.2) is 6.04 Å². The number of aliphatic hydroxyl groups excluding tert-OH is 1. The Morgan fingerprint density at radius 3 is 1.21 bits per heavy atom. The Labute approximate surface area is 386 Å². The van der Waals surface area contributed by atoms with Crippen molar-refractivity contribution >= 4 is 25.7 Å². The number of phosphoric ester groups is 1. The molecule has 4 N–H and O–H groups in total. The highest BCUT2D eigenvalue weighted by Crippen LogP contribution is 2.43. The number of carboxylic acids is 1. The van der Waals surface area contributed by atoms with E-state index in [0.29, 0.717) is 12.8 Å². The van der Waals surface area contributed by atoms with Crippen molar-refractivity contribution in [2.75, 3.05) is 19.8 Å². The lowest BCUT2D eigenvalue weighted by Crippen LogP contribution is -2.43. The first-order valence-corrected chi connectivity index (χ1v) is 27.7. The molecule has 0 heterocycles. The molecule has 0 bridgehead atoms. The number of carboxylic acid groups (broad SMARTS) is 1. The van der Waals surface area contributed by atoms with Gasteiger partial charge in [0.25, 0.3) is 0 Å². The lowest BCUT2D eigenvalue weighted by molar-refractivity contribution is -0.147. The number of rotatable bonds is 50. The van der Waals surface area contributed by atoms with Crippen molar-refractivity contribution in [1.29, 1.82) is 0 Å². The third-order valence-electron chi connectivity index (χ3n) is 11.8. The van der Waals surface area contributed by atoms with Gasteiger partial charge in [-0.1, -0.05) is 225 Å². The van der Waals surface area contributed by atoms with Crippen molar-refractivity contribution in [1.82, 2.24) is 5.32 Å². The van der Waals surface area contributed by atoms with E-state index in [9.17, 15) is 34.1 Å². The first-order chi connectivity index (χ1) is 30.6. The maximum atomic E-state index is 12.4. The molecule has 0 aliphatic carbocycles. The van der Waals surface area contributed by atoms with Crippen molar-refractivity contribution in [3.63, 3.8) is 0 Å². The molecule has 11 nitrogen and oxygen atoms in total. The zero-order valence-electron chi connectivity index (χ0n) is 40.7. The number of hydrogen-bond acceptors (Lipinski definition) is 8. The van der Waals surface area contributed by atoms with Crippen LogP contribution in [0.3, 0.4) is 0 Å². The summed E-state index contributed by atoms with van der Waals surface area (Å²) in [5.41, 5.74) is 0. The molecule has 0 radical (unpaired) electrons. The number of allylic oxidation sites excluding steroid dienone is 2. The van der Waals surface area contributed by atoms with Gasteiger partial charge in [0.2, 0.25) is 5.91 Å². The van der Waals surface area contributed by atoms with Gasteiger partial charge in [-0.2, -0.15) is 0 Å². The predicted molar refractivity (Wildman–Crippen MR) is 259 cm³/mol. The van der Waals surface area contributed by atoms with Crippen LogP contribution >= 0.6 is 7.82 Å². The second kappa shape index (κ2) is 46.7. The highest BCUT2D eigenvalue weighted by molar-refractivity contribution is 7.47.